The molecule has 0 aromatic heterocycles. The Labute approximate surface area is 150 Å². The zero-order valence-corrected chi connectivity index (χ0v) is 14.3. The summed E-state index contributed by atoms with van der Waals surface area (Å²) in [5.74, 6) is -1.19. The zero-order chi connectivity index (χ0) is 18.0. The van der Waals surface area contributed by atoms with Crippen LogP contribution in [-0.4, -0.2) is 11.8 Å². The smallest absolute Gasteiger partial charge is 0.228 e. The fourth-order valence-electron chi connectivity index (χ4n) is 2.60. The Bertz CT molecular complexity index is 888. The molecule has 126 valence electrons. The van der Waals surface area contributed by atoms with E-state index in [0.29, 0.717) is 28.4 Å². The predicted molar refractivity (Wildman–Crippen MR) is 96.2 cm³/mol. The van der Waals surface area contributed by atoms with Crippen LogP contribution in [0.2, 0.25) is 5.02 Å². The summed E-state index contributed by atoms with van der Waals surface area (Å²) >= 11 is 6.05. The van der Waals surface area contributed by atoms with Gasteiger partial charge in [0.15, 0.2) is 0 Å². The first-order valence-corrected chi connectivity index (χ1v) is 8.24. The molecule has 0 saturated heterocycles. The normalized spacial score (nSPS) is 18.1. The Morgan fingerprint density at radius 1 is 1.12 bits per heavy atom. The summed E-state index contributed by atoms with van der Waals surface area (Å²) in [4.78, 5) is 24.6. The number of amides is 2. The Morgan fingerprint density at radius 3 is 2.48 bits per heavy atom. The highest BCUT2D eigenvalue weighted by molar-refractivity contribution is 6.31. The van der Waals surface area contributed by atoms with Crippen LogP contribution in [0.5, 0.6) is 0 Å². The average molecular weight is 354 g/mol. The number of rotatable bonds is 4. The van der Waals surface area contributed by atoms with Crippen molar-refractivity contribution in [3.63, 3.8) is 0 Å². The van der Waals surface area contributed by atoms with Gasteiger partial charge in [-0.1, -0.05) is 29.8 Å². The lowest BCUT2D eigenvalue weighted by Gasteiger charge is -2.08. The number of anilines is 2. The predicted octanol–water partition coefficient (Wildman–Crippen LogP) is 3.73. The molecule has 0 heterocycles. The number of nitrogens with one attached hydrogen (secondary N) is 2. The zero-order valence-electron chi connectivity index (χ0n) is 13.5. The van der Waals surface area contributed by atoms with E-state index < -0.39 is 0 Å². The molecule has 2 N–H and O–H groups in total. The van der Waals surface area contributed by atoms with Crippen LogP contribution in [0.4, 0.5) is 11.4 Å². The maximum Gasteiger partial charge on any atom is 0.228 e. The number of hydrogen-bond acceptors (Lipinski definition) is 3. The number of hydrogen-bond donors (Lipinski definition) is 2. The molecule has 6 heteroatoms. The maximum absolute atomic E-state index is 12.3. The molecule has 2 aromatic carbocycles. The van der Waals surface area contributed by atoms with Crippen LogP contribution in [0, 0.1) is 30.1 Å². The molecular formula is C19H16ClN3O2. The van der Waals surface area contributed by atoms with Crippen LogP contribution in [-0.2, 0) is 9.59 Å². The van der Waals surface area contributed by atoms with Crippen molar-refractivity contribution in [3.8, 4) is 6.07 Å². The first-order chi connectivity index (χ1) is 12.0. The van der Waals surface area contributed by atoms with Crippen molar-refractivity contribution >= 4 is 34.8 Å². The second-order valence-corrected chi connectivity index (χ2v) is 6.46. The number of nitrogens with zero attached hydrogens (tertiary/aromatic N) is 1. The molecule has 1 aliphatic rings. The van der Waals surface area contributed by atoms with Crippen molar-refractivity contribution in [3.05, 3.63) is 58.6 Å². The first-order valence-electron chi connectivity index (χ1n) is 7.86. The highest BCUT2D eigenvalue weighted by Gasteiger charge is 2.48. The molecular weight excluding hydrogens is 338 g/mol. The lowest BCUT2D eigenvalue weighted by atomic mass is 10.2. The Balaban J connectivity index is 1.60. The van der Waals surface area contributed by atoms with Gasteiger partial charge in [-0.05, 0) is 43.2 Å². The second-order valence-electron chi connectivity index (χ2n) is 6.05. The van der Waals surface area contributed by atoms with Gasteiger partial charge in [0, 0.05) is 10.7 Å². The van der Waals surface area contributed by atoms with Gasteiger partial charge in [0.05, 0.1) is 23.1 Å². The lowest BCUT2D eigenvalue weighted by molar-refractivity contribution is -0.122. The fourth-order valence-corrected chi connectivity index (χ4v) is 2.78. The van der Waals surface area contributed by atoms with Gasteiger partial charge in [-0.2, -0.15) is 5.26 Å². The van der Waals surface area contributed by atoms with Gasteiger partial charge in [0.25, 0.3) is 0 Å². The molecule has 25 heavy (non-hydrogen) atoms. The van der Waals surface area contributed by atoms with E-state index in [2.05, 4.69) is 10.6 Å². The number of para-hydroxylation sites is 1. The van der Waals surface area contributed by atoms with Crippen LogP contribution >= 0.6 is 11.6 Å². The van der Waals surface area contributed by atoms with E-state index in [-0.39, 0.29) is 23.7 Å². The molecule has 3 rings (SSSR count). The van der Waals surface area contributed by atoms with Crippen molar-refractivity contribution in [2.24, 2.45) is 11.8 Å². The molecule has 2 aromatic rings. The minimum atomic E-state index is -0.382. The second kappa shape index (κ2) is 6.96. The van der Waals surface area contributed by atoms with Gasteiger partial charge >= 0.3 is 0 Å². The lowest BCUT2D eigenvalue weighted by Crippen LogP contribution is -2.21. The van der Waals surface area contributed by atoms with Crippen LogP contribution in [0.3, 0.4) is 0 Å². The van der Waals surface area contributed by atoms with Crippen molar-refractivity contribution in [1.29, 1.82) is 5.26 Å². The summed E-state index contributed by atoms with van der Waals surface area (Å²) in [6.45, 7) is 1.88. The van der Waals surface area contributed by atoms with Crippen LogP contribution in [0.15, 0.2) is 42.5 Å². The van der Waals surface area contributed by atoms with Gasteiger partial charge in [-0.25, -0.2) is 0 Å². The standard InChI is InChI=1S/C19H16ClN3O2/c1-11-6-7-13(8-16(11)20)22-18(24)14-9-15(14)19(25)23-17-5-3-2-4-12(17)10-21/h2-8,14-15H,9H2,1H3,(H,22,24)(H,23,25). The van der Waals surface area contributed by atoms with Gasteiger partial charge in [0.2, 0.25) is 11.8 Å². The summed E-state index contributed by atoms with van der Waals surface area (Å²) in [7, 11) is 0. The fraction of sp³-hybridized carbons (Fsp3) is 0.211. The number of benzene rings is 2. The van der Waals surface area contributed by atoms with Crippen molar-refractivity contribution < 1.29 is 9.59 Å². The Morgan fingerprint density at radius 2 is 1.80 bits per heavy atom. The molecule has 2 atom stereocenters. The van der Waals surface area contributed by atoms with Crippen LogP contribution in [0.25, 0.3) is 0 Å². The summed E-state index contributed by atoms with van der Waals surface area (Å²) < 4.78 is 0. The highest BCUT2D eigenvalue weighted by Crippen LogP contribution is 2.40. The maximum atomic E-state index is 12.3. The van der Waals surface area contributed by atoms with Gasteiger partial charge in [-0.15, -0.1) is 0 Å². The molecule has 0 radical (unpaired) electrons. The molecule has 0 bridgehead atoms. The molecule has 1 fully saturated rings. The number of aryl methyl sites for hydroxylation is 1. The summed E-state index contributed by atoms with van der Waals surface area (Å²) in [5, 5.41) is 15.1. The van der Waals surface area contributed by atoms with Crippen molar-refractivity contribution in [2.45, 2.75) is 13.3 Å². The highest BCUT2D eigenvalue weighted by atomic mass is 35.5. The summed E-state index contributed by atoms with van der Waals surface area (Å²) in [6.07, 6.45) is 0.492. The number of halogens is 1. The minimum absolute atomic E-state index is 0.200. The van der Waals surface area contributed by atoms with Gasteiger partial charge in [0.1, 0.15) is 6.07 Å². The summed E-state index contributed by atoms with van der Waals surface area (Å²) in [6, 6.07) is 14.1. The quantitative estimate of drug-likeness (QED) is 0.878. The number of carbonyl (C=O) groups is 2. The minimum Gasteiger partial charge on any atom is -0.326 e. The van der Waals surface area contributed by atoms with E-state index in [9.17, 15) is 9.59 Å². The average Bonchev–Trinajstić information content (AvgIpc) is 3.39. The monoisotopic (exact) mass is 353 g/mol. The van der Waals surface area contributed by atoms with Crippen molar-refractivity contribution in [1.82, 2.24) is 0 Å². The number of carbonyl (C=O) groups excluding carboxylic acids is 2. The Kier molecular flexibility index (Phi) is 4.73. The molecule has 0 aliphatic heterocycles. The van der Waals surface area contributed by atoms with E-state index in [1.807, 2.05) is 19.1 Å². The summed E-state index contributed by atoms with van der Waals surface area (Å²) in [5.41, 5.74) is 2.40. The largest absolute Gasteiger partial charge is 0.326 e. The van der Waals surface area contributed by atoms with Gasteiger partial charge in [-0.3, -0.25) is 9.59 Å². The van der Waals surface area contributed by atoms with E-state index in [1.54, 1.807) is 36.4 Å². The van der Waals surface area contributed by atoms with E-state index >= 15 is 0 Å². The molecule has 1 saturated carbocycles. The topological polar surface area (TPSA) is 82.0 Å². The first kappa shape index (κ1) is 17.0. The van der Waals surface area contributed by atoms with E-state index in [4.69, 9.17) is 16.9 Å². The van der Waals surface area contributed by atoms with Crippen LogP contribution < -0.4 is 10.6 Å². The van der Waals surface area contributed by atoms with E-state index in [0.717, 1.165) is 5.56 Å². The van der Waals surface area contributed by atoms with Crippen LogP contribution in [0.1, 0.15) is 17.5 Å². The molecule has 5 nitrogen and oxygen atoms in total. The third-order valence-electron chi connectivity index (χ3n) is 4.21. The van der Waals surface area contributed by atoms with Gasteiger partial charge < -0.3 is 10.6 Å². The third kappa shape index (κ3) is 3.81. The van der Waals surface area contributed by atoms with Crippen molar-refractivity contribution in [2.75, 3.05) is 10.6 Å². The molecule has 2 unspecified atom stereocenters. The van der Waals surface area contributed by atoms with E-state index in [1.165, 1.54) is 0 Å². The SMILES string of the molecule is Cc1ccc(NC(=O)C2CC2C(=O)Nc2ccccc2C#N)cc1Cl. The Hall–Kier alpha value is -2.84. The molecule has 2 amide bonds. The third-order valence-corrected chi connectivity index (χ3v) is 4.62. The molecule has 0 spiro atoms. The molecule has 1 aliphatic carbocycles. The number of nitriles is 1.